The number of ketones is 1. The number of Topliss-reactive ketones (excluding diaryl/α,β-unsaturated/α-hetero) is 1. The van der Waals surface area contributed by atoms with Gasteiger partial charge in [-0.2, -0.15) is 0 Å². The zero-order valence-electron chi connectivity index (χ0n) is 17.4. The fraction of sp³-hybridized carbons (Fsp3) is 0.450. The maximum atomic E-state index is 10.2. The van der Waals surface area contributed by atoms with Crippen LogP contribution in [0.3, 0.4) is 0 Å². The molecule has 2 aromatic rings. The molecule has 0 aliphatic rings. The first-order valence-corrected chi connectivity index (χ1v) is 8.79. The molecular formula is C20H35N3O3. The van der Waals surface area contributed by atoms with Gasteiger partial charge in [-0.15, -0.1) is 0 Å². The molecule has 6 heteroatoms. The molecule has 0 unspecified atom stereocenters. The van der Waals surface area contributed by atoms with Crippen LogP contribution in [0.2, 0.25) is 0 Å². The summed E-state index contributed by atoms with van der Waals surface area (Å²) in [5, 5.41) is 5.87. The molecule has 2 amide bonds. The Hall–Kier alpha value is -2.63. The quantitative estimate of drug-likeness (QED) is 0.726. The molecule has 0 bridgehead atoms. The highest BCUT2D eigenvalue weighted by Gasteiger charge is 1.94. The molecule has 0 aliphatic carbocycles. The van der Waals surface area contributed by atoms with Crippen LogP contribution in [0.25, 0.3) is 10.9 Å². The second kappa shape index (κ2) is 20.4. The Bertz CT molecular complexity index is 603. The molecule has 0 saturated carbocycles. The number of para-hydroxylation sites is 1. The number of nitrogens with one attached hydrogen (secondary N) is 3. The number of fused-ring (bicyclic) bond motifs is 1. The van der Waals surface area contributed by atoms with Gasteiger partial charge in [0.25, 0.3) is 0 Å². The Morgan fingerprint density at radius 2 is 1.58 bits per heavy atom. The monoisotopic (exact) mass is 365 g/mol. The molecule has 0 spiro atoms. The molecule has 0 fully saturated rings. The number of hydrogen-bond donors (Lipinski definition) is 3. The predicted octanol–water partition coefficient (Wildman–Crippen LogP) is 3.60. The number of hydrogen-bond acceptors (Lipinski definition) is 3. The van der Waals surface area contributed by atoms with E-state index in [9.17, 15) is 14.4 Å². The lowest BCUT2D eigenvalue weighted by Crippen LogP contribution is -2.30. The van der Waals surface area contributed by atoms with E-state index < -0.39 is 0 Å². The molecule has 0 saturated heterocycles. The van der Waals surface area contributed by atoms with Gasteiger partial charge in [0.05, 0.1) is 6.54 Å². The van der Waals surface area contributed by atoms with Crippen molar-refractivity contribution in [3.05, 3.63) is 36.0 Å². The number of aromatic amines is 1. The lowest BCUT2D eigenvalue weighted by molar-refractivity contribution is -0.121. The summed E-state index contributed by atoms with van der Waals surface area (Å²) >= 11 is 0. The summed E-state index contributed by atoms with van der Waals surface area (Å²) in [7, 11) is 1.51. The zero-order valence-corrected chi connectivity index (χ0v) is 17.4. The maximum absolute atomic E-state index is 10.2. The van der Waals surface area contributed by atoms with Crippen molar-refractivity contribution in [3.8, 4) is 0 Å². The average Bonchev–Trinajstić information content (AvgIpc) is 3.04. The third-order valence-corrected chi connectivity index (χ3v) is 2.42. The zero-order chi connectivity index (χ0) is 21.0. The summed E-state index contributed by atoms with van der Waals surface area (Å²) in [5.74, 6) is -0.0305. The van der Waals surface area contributed by atoms with E-state index in [1.807, 2.05) is 40.0 Å². The second-order valence-electron chi connectivity index (χ2n) is 4.60. The highest BCUT2D eigenvalue weighted by Crippen LogP contribution is 2.15. The van der Waals surface area contributed by atoms with E-state index in [0.29, 0.717) is 6.41 Å². The van der Waals surface area contributed by atoms with Crippen molar-refractivity contribution in [1.82, 2.24) is 15.6 Å². The first-order valence-electron chi connectivity index (χ1n) is 8.79. The number of aromatic nitrogens is 1. The minimum Gasteiger partial charge on any atom is -0.361 e. The van der Waals surface area contributed by atoms with Gasteiger partial charge in [-0.3, -0.25) is 9.59 Å². The molecule has 6 nitrogen and oxygen atoms in total. The lowest BCUT2D eigenvalue weighted by Gasteiger charge is -1.93. The van der Waals surface area contributed by atoms with Gasteiger partial charge in [-0.05, 0) is 32.4 Å². The van der Waals surface area contributed by atoms with Gasteiger partial charge in [0.2, 0.25) is 12.3 Å². The van der Waals surface area contributed by atoms with Crippen LogP contribution in [-0.2, 0) is 14.4 Å². The Labute approximate surface area is 157 Å². The Morgan fingerprint density at radius 1 is 1.08 bits per heavy atom. The standard InChI is InChI=1S/C9H9N.C4H8N2O2.C3H6O.2C2H6/c1-7-6-10-9-5-3-2-4-8(7)9;1-5-4(8)2-6-3-7;1-3(2)4;2*1-2/h2-6,10H,1H3;3H,2H2,1H3,(H,5,8)(H,6,7);1-2H3;2*1-2H3. The van der Waals surface area contributed by atoms with Crippen LogP contribution in [-0.4, -0.2) is 36.7 Å². The molecule has 26 heavy (non-hydrogen) atoms. The summed E-state index contributed by atoms with van der Waals surface area (Å²) in [6, 6.07) is 8.31. The van der Waals surface area contributed by atoms with E-state index in [0.717, 1.165) is 0 Å². The number of likely N-dealkylation sites (N-methyl/N-ethyl adjacent to an activating group) is 1. The lowest BCUT2D eigenvalue weighted by atomic mass is 10.2. The molecule has 0 atom stereocenters. The smallest absolute Gasteiger partial charge is 0.239 e. The van der Waals surface area contributed by atoms with E-state index in [-0.39, 0.29) is 18.2 Å². The van der Waals surface area contributed by atoms with Crippen molar-refractivity contribution in [3.63, 3.8) is 0 Å². The van der Waals surface area contributed by atoms with Crippen molar-refractivity contribution in [2.75, 3.05) is 13.6 Å². The summed E-state index contributed by atoms with van der Waals surface area (Å²) < 4.78 is 0. The van der Waals surface area contributed by atoms with E-state index >= 15 is 0 Å². The van der Waals surface area contributed by atoms with Crippen molar-refractivity contribution in [1.29, 1.82) is 0 Å². The number of rotatable bonds is 3. The summed E-state index contributed by atoms with van der Waals surface area (Å²) in [5.41, 5.74) is 2.54. The number of aryl methyl sites for hydroxylation is 1. The van der Waals surface area contributed by atoms with Crippen LogP contribution >= 0.6 is 0 Å². The van der Waals surface area contributed by atoms with Crippen molar-refractivity contribution < 1.29 is 14.4 Å². The van der Waals surface area contributed by atoms with E-state index in [4.69, 9.17) is 0 Å². The molecule has 3 N–H and O–H groups in total. The van der Waals surface area contributed by atoms with E-state index in [1.54, 1.807) is 0 Å². The van der Waals surface area contributed by atoms with Crippen LogP contribution in [0.5, 0.6) is 0 Å². The first kappa shape index (κ1) is 28.2. The number of benzene rings is 1. The number of amides is 2. The number of carbonyl (C=O) groups excluding carboxylic acids is 3. The maximum Gasteiger partial charge on any atom is 0.239 e. The van der Waals surface area contributed by atoms with E-state index in [2.05, 4.69) is 40.7 Å². The Morgan fingerprint density at radius 3 is 2.00 bits per heavy atom. The highest BCUT2D eigenvalue weighted by molar-refractivity contribution is 5.82. The van der Waals surface area contributed by atoms with Gasteiger partial charge in [-0.25, -0.2) is 0 Å². The van der Waals surface area contributed by atoms with Crippen LogP contribution in [0.15, 0.2) is 30.5 Å². The third-order valence-electron chi connectivity index (χ3n) is 2.42. The number of carbonyl (C=O) groups is 3. The normalized spacial score (nSPS) is 7.85. The fourth-order valence-electron chi connectivity index (χ4n) is 1.44. The van der Waals surface area contributed by atoms with Crippen LogP contribution in [0, 0.1) is 6.92 Å². The van der Waals surface area contributed by atoms with Gasteiger partial charge < -0.3 is 20.4 Å². The molecule has 148 valence electrons. The number of H-pyrrole nitrogens is 1. The molecule has 1 heterocycles. The van der Waals surface area contributed by atoms with Crippen LogP contribution in [0.4, 0.5) is 0 Å². The van der Waals surface area contributed by atoms with Gasteiger partial charge >= 0.3 is 0 Å². The minimum absolute atomic E-state index is 0.0556. The Balaban J connectivity index is -0.000000298. The van der Waals surface area contributed by atoms with Gasteiger partial charge in [-0.1, -0.05) is 45.9 Å². The molecule has 0 aliphatic heterocycles. The molecular weight excluding hydrogens is 330 g/mol. The van der Waals surface area contributed by atoms with Gasteiger partial charge in [0.15, 0.2) is 0 Å². The molecule has 2 rings (SSSR count). The molecule has 1 aromatic heterocycles. The van der Waals surface area contributed by atoms with Crippen molar-refractivity contribution >= 4 is 29.0 Å². The topological polar surface area (TPSA) is 91.1 Å². The predicted molar refractivity (Wildman–Crippen MR) is 110 cm³/mol. The Kier molecular flexibility index (Phi) is 22.1. The fourth-order valence-corrected chi connectivity index (χ4v) is 1.44. The average molecular weight is 366 g/mol. The largest absolute Gasteiger partial charge is 0.361 e. The second-order valence-corrected chi connectivity index (χ2v) is 4.60. The van der Waals surface area contributed by atoms with Crippen molar-refractivity contribution in [2.24, 2.45) is 0 Å². The highest BCUT2D eigenvalue weighted by atomic mass is 16.2. The summed E-state index contributed by atoms with van der Waals surface area (Å²) in [6.07, 6.45) is 2.51. The minimum atomic E-state index is -0.197. The van der Waals surface area contributed by atoms with Crippen LogP contribution < -0.4 is 10.6 Å². The summed E-state index contributed by atoms with van der Waals surface area (Å²) in [4.78, 5) is 32.4. The van der Waals surface area contributed by atoms with Crippen LogP contribution in [0.1, 0.15) is 47.1 Å². The van der Waals surface area contributed by atoms with Gasteiger partial charge in [0.1, 0.15) is 5.78 Å². The van der Waals surface area contributed by atoms with Crippen molar-refractivity contribution in [2.45, 2.75) is 48.5 Å². The van der Waals surface area contributed by atoms with E-state index in [1.165, 1.54) is 37.4 Å². The summed E-state index contributed by atoms with van der Waals surface area (Å²) in [6.45, 7) is 13.2. The SMILES string of the molecule is CC.CC.CC(C)=O.CNC(=O)CNC=O.Cc1c[nH]c2ccccc12. The molecule has 1 aromatic carbocycles. The first-order chi connectivity index (χ1) is 12.4. The molecule has 0 radical (unpaired) electrons. The third kappa shape index (κ3) is 16.2. The van der Waals surface area contributed by atoms with Gasteiger partial charge in [0, 0.05) is 24.1 Å².